The first-order valence-electron chi connectivity index (χ1n) is 3.46. The summed E-state index contributed by atoms with van der Waals surface area (Å²) in [5.41, 5.74) is -3.28. The molecule has 4 nitrogen and oxygen atoms in total. The van der Waals surface area contributed by atoms with E-state index in [1.54, 1.807) is 0 Å². The van der Waals surface area contributed by atoms with Crippen LogP contribution in [-0.4, -0.2) is 35.0 Å². The molecule has 0 aliphatic carbocycles. The second-order valence-electron chi connectivity index (χ2n) is 2.48. The summed E-state index contributed by atoms with van der Waals surface area (Å²) in [6, 6.07) is -0.0904. The Morgan fingerprint density at radius 3 is 1.75 bits per heavy atom. The maximum absolute atomic E-state index is 12.8. The molecule has 0 saturated heterocycles. The molecule has 0 atom stereocenters. The molecular weight excluding hydrogens is 241 g/mol. The van der Waals surface area contributed by atoms with Gasteiger partial charge in [0.25, 0.3) is 0 Å². The van der Waals surface area contributed by atoms with E-state index in [2.05, 4.69) is 0 Å². The second kappa shape index (κ2) is 5.17. The zero-order chi connectivity index (χ0) is 11.7. The predicted molar refractivity (Wildman–Crippen MR) is 40.7 cm³/mol. The standard InChI is InChI=1S/C8H3F3O4.Mg/c9-2-1-3(10)6(11)5(8(14)15)4(2)7(12)13;/h1H,(H,12,13)(H,14,15);/q;+2/p-2. The Morgan fingerprint density at radius 1 is 0.938 bits per heavy atom. The molecule has 0 N–H and O–H groups in total. The number of carbonyl (C=O) groups is 2. The fourth-order valence-electron chi connectivity index (χ4n) is 0.987. The molecule has 80 valence electrons. The number of carbonyl (C=O) groups excluding carboxylic acids is 2. The third-order valence-electron chi connectivity index (χ3n) is 1.58. The van der Waals surface area contributed by atoms with Gasteiger partial charge in [-0.2, -0.15) is 0 Å². The first kappa shape index (κ1) is 14.7. The van der Waals surface area contributed by atoms with Gasteiger partial charge in [0, 0.05) is 17.2 Å². The molecule has 0 unspecified atom stereocenters. The normalized spacial score (nSPS) is 9.44. The fourth-order valence-corrected chi connectivity index (χ4v) is 0.987. The van der Waals surface area contributed by atoms with E-state index in [0.717, 1.165) is 0 Å². The Balaban J connectivity index is 0.00000225. The van der Waals surface area contributed by atoms with Crippen LogP contribution < -0.4 is 10.2 Å². The molecule has 1 aromatic rings. The number of benzene rings is 1. The molecule has 0 bridgehead atoms. The Labute approximate surface area is 103 Å². The van der Waals surface area contributed by atoms with Gasteiger partial charge < -0.3 is 19.8 Å². The minimum absolute atomic E-state index is 0. The largest absolute Gasteiger partial charge is 2.00 e. The molecule has 0 radical (unpaired) electrons. The molecule has 0 aliphatic heterocycles. The van der Waals surface area contributed by atoms with Crippen molar-refractivity contribution in [2.45, 2.75) is 0 Å². The molecule has 1 aromatic carbocycles. The molecule has 0 heterocycles. The third kappa shape index (κ3) is 2.45. The predicted octanol–water partition coefficient (Wildman–Crippen LogP) is -1.55. The van der Waals surface area contributed by atoms with Crippen LogP contribution in [0.25, 0.3) is 0 Å². The zero-order valence-corrected chi connectivity index (χ0v) is 8.97. The van der Waals surface area contributed by atoms with Gasteiger partial charge in [-0.1, -0.05) is 0 Å². The van der Waals surface area contributed by atoms with E-state index < -0.39 is 40.5 Å². The average Bonchev–Trinajstić information content (AvgIpc) is 2.09. The summed E-state index contributed by atoms with van der Waals surface area (Å²) in [5.74, 6) is -10.2. The van der Waals surface area contributed by atoms with Crippen LogP contribution in [0.5, 0.6) is 0 Å². The summed E-state index contributed by atoms with van der Waals surface area (Å²) in [7, 11) is 0. The van der Waals surface area contributed by atoms with Crippen LogP contribution in [0.15, 0.2) is 6.07 Å². The quantitative estimate of drug-likeness (QED) is 0.464. The van der Waals surface area contributed by atoms with E-state index in [0.29, 0.717) is 0 Å². The van der Waals surface area contributed by atoms with Crippen molar-refractivity contribution >= 4 is 35.0 Å². The Bertz CT molecular complexity index is 461. The van der Waals surface area contributed by atoms with Gasteiger partial charge in [0.15, 0.2) is 11.6 Å². The van der Waals surface area contributed by atoms with Gasteiger partial charge >= 0.3 is 23.1 Å². The summed E-state index contributed by atoms with van der Waals surface area (Å²) < 4.78 is 38.1. The molecule has 8 heteroatoms. The zero-order valence-electron chi connectivity index (χ0n) is 7.55. The van der Waals surface area contributed by atoms with Crippen molar-refractivity contribution in [1.29, 1.82) is 0 Å². The number of hydrogen-bond donors (Lipinski definition) is 0. The summed E-state index contributed by atoms with van der Waals surface area (Å²) in [6.45, 7) is 0. The van der Waals surface area contributed by atoms with Crippen LogP contribution in [0.2, 0.25) is 0 Å². The van der Waals surface area contributed by atoms with Gasteiger partial charge in [0.2, 0.25) is 0 Å². The third-order valence-corrected chi connectivity index (χ3v) is 1.58. The van der Waals surface area contributed by atoms with Gasteiger partial charge in [-0.25, -0.2) is 13.2 Å². The van der Waals surface area contributed by atoms with Gasteiger partial charge in [-0.15, -0.1) is 0 Å². The monoisotopic (exact) mass is 242 g/mol. The maximum atomic E-state index is 12.8. The van der Waals surface area contributed by atoms with Crippen LogP contribution in [0.4, 0.5) is 13.2 Å². The Kier molecular flexibility index (Phi) is 4.75. The van der Waals surface area contributed by atoms with Gasteiger partial charge in [0.05, 0.1) is 11.9 Å². The number of aromatic carboxylic acids is 2. The van der Waals surface area contributed by atoms with Crippen LogP contribution >= 0.6 is 0 Å². The van der Waals surface area contributed by atoms with Crippen molar-refractivity contribution in [1.82, 2.24) is 0 Å². The number of carboxylic acid groups (broad SMARTS) is 2. The smallest absolute Gasteiger partial charge is 0.545 e. The van der Waals surface area contributed by atoms with Crippen LogP contribution in [0.1, 0.15) is 20.7 Å². The number of rotatable bonds is 2. The summed E-state index contributed by atoms with van der Waals surface area (Å²) in [6.07, 6.45) is 0. The SMILES string of the molecule is O=C([O-])c1c(F)cc(F)c(F)c1C(=O)[O-].[Mg+2]. The molecule has 0 saturated carbocycles. The summed E-state index contributed by atoms with van der Waals surface area (Å²) in [5, 5.41) is 20.6. The van der Waals surface area contributed by atoms with E-state index in [9.17, 15) is 33.0 Å². The van der Waals surface area contributed by atoms with E-state index >= 15 is 0 Å². The van der Waals surface area contributed by atoms with Crippen molar-refractivity contribution in [3.63, 3.8) is 0 Å². The molecule has 0 aromatic heterocycles. The van der Waals surface area contributed by atoms with Crippen molar-refractivity contribution in [3.8, 4) is 0 Å². The summed E-state index contributed by atoms with van der Waals surface area (Å²) in [4.78, 5) is 20.6. The Morgan fingerprint density at radius 2 is 1.38 bits per heavy atom. The minimum Gasteiger partial charge on any atom is -0.545 e. The summed E-state index contributed by atoms with van der Waals surface area (Å²) >= 11 is 0. The van der Waals surface area contributed by atoms with Crippen molar-refractivity contribution in [2.75, 3.05) is 0 Å². The van der Waals surface area contributed by atoms with Gasteiger partial charge in [-0.05, 0) is 0 Å². The van der Waals surface area contributed by atoms with Crippen molar-refractivity contribution in [3.05, 3.63) is 34.6 Å². The molecule has 16 heavy (non-hydrogen) atoms. The van der Waals surface area contributed by atoms with Crippen molar-refractivity contribution < 1.29 is 33.0 Å². The van der Waals surface area contributed by atoms with Gasteiger partial charge in [0.1, 0.15) is 5.82 Å². The van der Waals surface area contributed by atoms with Gasteiger partial charge in [-0.3, -0.25) is 0 Å². The molecule has 1 rings (SSSR count). The maximum Gasteiger partial charge on any atom is 2.00 e. The topological polar surface area (TPSA) is 80.3 Å². The molecule has 0 spiro atoms. The van der Waals surface area contributed by atoms with Crippen LogP contribution in [-0.2, 0) is 0 Å². The molecular formula is C8HF3MgO4. The van der Waals surface area contributed by atoms with Crippen molar-refractivity contribution in [2.24, 2.45) is 0 Å². The van der Waals surface area contributed by atoms with Crippen LogP contribution in [0, 0.1) is 17.5 Å². The number of halogens is 3. The second-order valence-corrected chi connectivity index (χ2v) is 2.48. The molecule has 0 aliphatic rings. The van der Waals surface area contributed by atoms with E-state index in [1.165, 1.54) is 0 Å². The Hall–Kier alpha value is -1.28. The van der Waals surface area contributed by atoms with E-state index in [-0.39, 0.29) is 29.1 Å². The van der Waals surface area contributed by atoms with Crippen LogP contribution in [0.3, 0.4) is 0 Å². The first-order valence-corrected chi connectivity index (χ1v) is 3.46. The van der Waals surface area contributed by atoms with E-state index in [1.807, 2.05) is 0 Å². The average molecular weight is 242 g/mol. The fraction of sp³-hybridized carbons (Fsp3) is 0. The molecule has 0 fully saturated rings. The van der Waals surface area contributed by atoms with E-state index in [4.69, 9.17) is 0 Å². The number of hydrogen-bond acceptors (Lipinski definition) is 4. The minimum atomic E-state index is -2.34. The molecule has 0 amide bonds. The first-order chi connectivity index (χ1) is 6.86. The number of carboxylic acids is 2.